The molecule has 0 aliphatic rings. The van der Waals surface area contributed by atoms with Gasteiger partial charge in [0.1, 0.15) is 0 Å². The van der Waals surface area contributed by atoms with E-state index in [4.69, 9.17) is 0 Å². The van der Waals surface area contributed by atoms with Crippen LogP contribution >= 0.6 is 0 Å². The highest BCUT2D eigenvalue weighted by Crippen LogP contribution is 2.27. The van der Waals surface area contributed by atoms with Crippen LogP contribution in [0.4, 0.5) is 4.39 Å². The van der Waals surface area contributed by atoms with Gasteiger partial charge in [-0.3, -0.25) is 4.39 Å². The fourth-order valence-electron chi connectivity index (χ4n) is 2.58. The Kier molecular flexibility index (Phi) is 10.4. The van der Waals surface area contributed by atoms with Gasteiger partial charge in [0.05, 0.1) is 14.7 Å². The molecular formula is C14H31FSi. The number of hydrogen-bond acceptors (Lipinski definition) is 0. The van der Waals surface area contributed by atoms with Crippen molar-refractivity contribution in [1.29, 1.82) is 0 Å². The van der Waals surface area contributed by atoms with E-state index < -0.39 is 8.07 Å². The first kappa shape index (κ1) is 16.1. The maximum atomic E-state index is 11.9. The molecule has 2 heteroatoms. The number of halogens is 1. The van der Waals surface area contributed by atoms with Crippen LogP contribution in [0.3, 0.4) is 0 Å². The molecule has 0 spiro atoms. The van der Waals surface area contributed by atoms with Crippen LogP contribution in [0.15, 0.2) is 0 Å². The van der Waals surface area contributed by atoms with Gasteiger partial charge in [-0.25, -0.2) is 0 Å². The van der Waals surface area contributed by atoms with Crippen LogP contribution in [-0.2, 0) is 0 Å². The van der Waals surface area contributed by atoms with E-state index >= 15 is 0 Å². The Hall–Kier alpha value is 0.147. The van der Waals surface area contributed by atoms with Gasteiger partial charge in [-0.1, -0.05) is 77.1 Å². The Morgan fingerprint density at radius 1 is 0.688 bits per heavy atom. The lowest BCUT2D eigenvalue weighted by Crippen LogP contribution is -2.30. The first-order valence-electron chi connectivity index (χ1n) is 7.30. The Labute approximate surface area is 103 Å². The molecule has 0 saturated carbocycles. The van der Waals surface area contributed by atoms with Crippen LogP contribution in [0, 0.1) is 0 Å². The number of alkyl halides is 1. The molecule has 0 nitrogen and oxygen atoms in total. The standard InChI is InChI=1S/C14H31FSi/c1-4-16(5-2,6-3)14-12-10-8-7-9-11-13-15/h4-14H2,1-3H3. The molecule has 0 aromatic heterocycles. The van der Waals surface area contributed by atoms with Crippen LogP contribution in [0.1, 0.15) is 59.3 Å². The van der Waals surface area contributed by atoms with Gasteiger partial charge in [-0.15, -0.1) is 0 Å². The van der Waals surface area contributed by atoms with Gasteiger partial charge in [0.2, 0.25) is 0 Å². The summed E-state index contributed by atoms with van der Waals surface area (Å²) >= 11 is 0. The Morgan fingerprint density at radius 2 is 1.12 bits per heavy atom. The monoisotopic (exact) mass is 246 g/mol. The SMILES string of the molecule is CC[Si](CC)(CC)CCCCCCCCF. The van der Waals surface area contributed by atoms with Crippen molar-refractivity contribution in [1.82, 2.24) is 0 Å². The molecule has 0 aromatic rings. The molecule has 0 bridgehead atoms. The second-order valence-electron chi connectivity index (χ2n) is 5.12. The zero-order valence-corrected chi connectivity index (χ0v) is 12.7. The van der Waals surface area contributed by atoms with E-state index in [2.05, 4.69) is 20.8 Å². The van der Waals surface area contributed by atoms with Crippen molar-refractivity contribution in [2.24, 2.45) is 0 Å². The van der Waals surface area contributed by atoms with Gasteiger partial charge < -0.3 is 0 Å². The third kappa shape index (κ3) is 6.67. The molecule has 0 fully saturated rings. The summed E-state index contributed by atoms with van der Waals surface area (Å²) in [6.07, 6.45) is 7.23. The number of unbranched alkanes of at least 4 members (excludes halogenated alkanes) is 5. The van der Waals surface area contributed by atoms with Crippen LogP contribution in [0.25, 0.3) is 0 Å². The van der Waals surface area contributed by atoms with E-state index in [1.807, 2.05) is 0 Å². The minimum absolute atomic E-state index is 0.127. The van der Waals surface area contributed by atoms with Crippen molar-refractivity contribution in [3.05, 3.63) is 0 Å². The van der Waals surface area contributed by atoms with Crippen molar-refractivity contribution in [2.75, 3.05) is 6.67 Å². The predicted octanol–water partition coefficient (Wildman–Crippen LogP) is 5.81. The molecule has 0 saturated heterocycles. The maximum absolute atomic E-state index is 11.9. The zero-order chi connectivity index (χ0) is 12.3. The summed E-state index contributed by atoms with van der Waals surface area (Å²) in [4.78, 5) is 0. The lowest BCUT2D eigenvalue weighted by atomic mass is 10.1. The largest absolute Gasteiger partial charge is 0.251 e. The lowest BCUT2D eigenvalue weighted by molar-refractivity contribution is 0.451. The average Bonchev–Trinajstić information content (AvgIpc) is 2.34. The van der Waals surface area contributed by atoms with Crippen LogP contribution in [0.5, 0.6) is 0 Å². The van der Waals surface area contributed by atoms with Crippen molar-refractivity contribution >= 4 is 8.07 Å². The molecule has 0 N–H and O–H groups in total. The molecular weight excluding hydrogens is 215 g/mol. The van der Waals surface area contributed by atoms with Crippen molar-refractivity contribution in [2.45, 2.75) is 83.5 Å². The number of hydrogen-bond donors (Lipinski definition) is 0. The van der Waals surface area contributed by atoms with Gasteiger partial charge in [-0.05, 0) is 6.42 Å². The molecule has 0 atom stereocenters. The molecule has 0 aliphatic heterocycles. The van der Waals surface area contributed by atoms with Gasteiger partial charge in [0.25, 0.3) is 0 Å². The van der Waals surface area contributed by atoms with E-state index in [-0.39, 0.29) is 6.67 Å². The van der Waals surface area contributed by atoms with E-state index in [1.165, 1.54) is 49.9 Å². The molecule has 0 rings (SSSR count). The zero-order valence-electron chi connectivity index (χ0n) is 11.7. The Morgan fingerprint density at radius 3 is 1.56 bits per heavy atom. The molecule has 0 aromatic carbocycles. The Bertz CT molecular complexity index is 135. The maximum Gasteiger partial charge on any atom is 0.0894 e. The normalized spacial score (nSPS) is 12.0. The highest BCUT2D eigenvalue weighted by Gasteiger charge is 2.25. The third-order valence-corrected chi connectivity index (χ3v) is 10.3. The highest BCUT2D eigenvalue weighted by molar-refractivity contribution is 6.79. The van der Waals surface area contributed by atoms with Crippen LogP contribution < -0.4 is 0 Å². The van der Waals surface area contributed by atoms with E-state index in [0.717, 1.165) is 12.8 Å². The van der Waals surface area contributed by atoms with Crippen molar-refractivity contribution < 1.29 is 4.39 Å². The summed E-state index contributed by atoms with van der Waals surface area (Å²) < 4.78 is 11.9. The topological polar surface area (TPSA) is 0 Å². The quantitative estimate of drug-likeness (QED) is 0.319. The van der Waals surface area contributed by atoms with Gasteiger partial charge >= 0.3 is 0 Å². The summed E-state index contributed by atoms with van der Waals surface area (Å²) in [5, 5.41) is 0. The summed E-state index contributed by atoms with van der Waals surface area (Å²) in [7, 11) is -0.853. The summed E-state index contributed by atoms with van der Waals surface area (Å²) in [5.41, 5.74) is 0. The first-order valence-corrected chi connectivity index (χ1v) is 10.1. The molecule has 0 unspecified atom stereocenters. The van der Waals surface area contributed by atoms with E-state index in [0.29, 0.717) is 0 Å². The van der Waals surface area contributed by atoms with Crippen LogP contribution in [0.2, 0.25) is 24.2 Å². The summed E-state index contributed by atoms with van der Waals surface area (Å²) in [6.45, 7) is 7.04. The van der Waals surface area contributed by atoms with Crippen LogP contribution in [-0.4, -0.2) is 14.7 Å². The number of rotatable bonds is 11. The third-order valence-electron chi connectivity index (χ3n) is 4.34. The lowest BCUT2D eigenvalue weighted by Gasteiger charge is -2.28. The van der Waals surface area contributed by atoms with Crippen molar-refractivity contribution in [3.63, 3.8) is 0 Å². The average molecular weight is 246 g/mol. The molecule has 0 radical (unpaired) electrons. The first-order chi connectivity index (χ1) is 7.74. The summed E-state index contributed by atoms with van der Waals surface area (Å²) in [5.74, 6) is 0. The second kappa shape index (κ2) is 10.3. The minimum atomic E-state index is -0.853. The van der Waals surface area contributed by atoms with E-state index in [1.54, 1.807) is 0 Å². The van der Waals surface area contributed by atoms with Gasteiger partial charge in [-0.2, -0.15) is 0 Å². The molecule has 0 amide bonds. The van der Waals surface area contributed by atoms with E-state index in [9.17, 15) is 4.39 Å². The second-order valence-corrected chi connectivity index (χ2v) is 10.7. The highest BCUT2D eigenvalue weighted by atomic mass is 28.3. The summed E-state index contributed by atoms with van der Waals surface area (Å²) in [6, 6.07) is 5.91. The smallest absolute Gasteiger partial charge is 0.0894 e. The minimum Gasteiger partial charge on any atom is -0.251 e. The van der Waals surface area contributed by atoms with Crippen molar-refractivity contribution in [3.8, 4) is 0 Å². The van der Waals surface area contributed by atoms with Gasteiger partial charge in [0.15, 0.2) is 0 Å². The molecule has 0 heterocycles. The molecule has 0 aliphatic carbocycles. The van der Waals surface area contributed by atoms with Gasteiger partial charge in [0, 0.05) is 0 Å². The Balaban J connectivity index is 3.48. The fraction of sp³-hybridized carbons (Fsp3) is 1.00. The predicted molar refractivity (Wildman–Crippen MR) is 75.7 cm³/mol. The fourth-order valence-corrected chi connectivity index (χ4v) is 6.14. The molecule has 16 heavy (non-hydrogen) atoms. The molecule has 98 valence electrons.